The van der Waals surface area contributed by atoms with Crippen LogP contribution >= 0.6 is 23.2 Å². The van der Waals surface area contributed by atoms with Crippen molar-refractivity contribution in [3.63, 3.8) is 0 Å². The molecule has 4 rings (SSSR count). The summed E-state index contributed by atoms with van der Waals surface area (Å²) in [5.74, 6) is -0.608. The van der Waals surface area contributed by atoms with Crippen molar-refractivity contribution < 1.29 is 22.9 Å². The number of carbonyl (C=O) groups is 1. The van der Waals surface area contributed by atoms with Crippen molar-refractivity contribution in [2.75, 3.05) is 25.0 Å². The van der Waals surface area contributed by atoms with E-state index in [9.17, 15) is 28.1 Å². The van der Waals surface area contributed by atoms with Crippen LogP contribution in [0.2, 0.25) is 10.0 Å². The van der Waals surface area contributed by atoms with Crippen LogP contribution in [0.25, 0.3) is 0 Å². The summed E-state index contributed by atoms with van der Waals surface area (Å²) in [6, 6.07) is 12.9. The van der Waals surface area contributed by atoms with Crippen LogP contribution in [-0.2, 0) is 12.0 Å². The molecule has 37 heavy (non-hydrogen) atoms. The first-order valence-electron chi connectivity index (χ1n) is 11.1. The van der Waals surface area contributed by atoms with Gasteiger partial charge in [-0.15, -0.1) is 0 Å². The number of pyridine rings is 1. The Morgan fingerprint density at radius 3 is 2.46 bits per heavy atom. The van der Waals surface area contributed by atoms with E-state index >= 15 is 0 Å². The van der Waals surface area contributed by atoms with Crippen molar-refractivity contribution in [3.05, 3.63) is 97.8 Å². The number of aromatic nitrogens is 1. The van der Waals surface area contributed by atoms with Gasteiger partial charge in [0.25, 0.3) is 11.6 Å². The number of anilines is 1. The number of nitro benzene ring substituents is 1. The molecule has 1 saturated heterocycles. The molecule has 1 aliphatic rings. The first-order valence-corrected chi connectivity index (χ1v) is 11.9. The quantitative estimate of drug-likeness (QED) is 0.265. The third-order valence-corrected chi connectivity index (χ3v) is 6.91. The molecule has 1 unspecified atom stereocenters. The first kappa shape index (κ1) is 26.7. The molecule has 0 spiro atoms. The van der Waals surface area contributed by atoms with Crippen molar-refractivity contribution >= 4 is 40.5 Å². The van der Waals surface area contributed by atoms with Crippen molar-refractivity contribution in [2.45, 2.75) is 24.6 Å². The number of hydrogen-bond acceptors (Lipinski definition) is 5. The maximum Gasteiger partial charge on any atom is 0.400 e. The topological polar surface area (TPSA) is 79.6 Å². The number of alkyl halides is 3. The van der Waals surface area contributed by atoms with E-state index in [2.05, 4.69) is 4.98 Å². The Bertz CT molecular complexity index is 1320. The minimum absolute atomic E-state index is 0.0202. The van der Waals surface area contributed by atoms with E-state index in [4.69, 9.17) is 23.2 Å². The van der Waals surface area contributed by atoms with E-state index in [1.807, 2.05) is 0 Å². The molecular formula is C25H21Cl2F3N4O3. The highest BCUT2D eigenvalue weighted by atomic mass is 35.5. The minimum Gasteiger partial charge on any atom is -0.370 e. The summed E-state index contributed by atoms with van der Waals surface area (Å²) in [6.45, 7) is -0.383. The second-order valence-corrected chi connectivity index (χ2v) is 9.72. The van der Waals surface area contributed by atoms with Gasteiger partial charge in [-0.3, -0.25) is 19.9 Å². The van der Waals surface area contributed by atoms with Gasteiger partial charge in [0.15, 0.2) is 0 Å². The molecule has 3 aromatic rings. The van der Waals surface area contributed by atoms with Crippen LogP contribution in [0.15, 0.2) is 60.8 Å². The highest BCUT2D eigenvalue weighted by Crippen LogP contribution is 2.49. The Kier molecular flexibility index (Phi) is 7.34. The van der Waals surface area contributed by atoms with Crippen LogP contribution in [0.5, 0.6) is 0 Å². The van der Waals surface area contributed by atoms with Crippen LogP contribution in [0.4, 0.5) is 24.5 Å². The lowest BCUT2D eigenvalue weighted by molar-refractivity contribution is -0.385. The predicted molar refractivity (Wildman–Crippen MR) is 134 cm³/mol. The molecule has 0 N–H and O–H groups in total. The standard InChI is InChI=1S/C25H21Cl2F3N4O3/c1-32(14-19-4-2-3-8-31-19)23(35)21-6-5-20(13-22(21)34(36)37)33-9-7-24(15-33,25(28,29)30)16-10-17(26)12-18(27)11-16/h2-6,8,10-13H,7,9,14-15H2,1H3. The monoisotopic (exact) mass is 552 g/mol. The van der Waals surface area contributed by atoms with Gasteiger partial charge >= 0.3 is 6.18 Å². The summed E-state index contributed by atoms with van der Waals surface area (Å²) in [6.07, 6.45) is -3.36. The molecule has 2 heterocycles. The largest absolute Gasteiger partial charge is 0.400 e. The third kappa shape index (κ3) is 5.35. The lowest BCUT2D eigenvalue weighted by Gasteiger charge is -2.33. The second kappa shape index (κ2) is 10.2. The number of rotatable bonds is 6. The summed E-state index contributed by atoms with van der Waals surface area (Å²) in [5, 5.41) is 12.0. The normalized spacial score (nSPS) is 17.6. The van der Waals surface area contributed by atoms with Gasteiger partial charge in [-0.25, -0.2) is 0 Å². The molecule has 1 fully saturated rings. The Morgan fingerprint density at radius 1 is 1.16 bits per heavy atom. The zero-order valence-corrected chi connectivity index (χ0v) is 21.0. The van der Waals surface area contributed by atoms with E-state index < -0.39 is 34.7 Å². The average molecular weight is 553 g/mol. The predicted octanol–water partition coefficient (Wildman–Crippen LogP) is 6.28. The van der Waals surface area contributed by atoms with Crippen molar-refractivity contribution in [1.82, 2.24) is 9.88 Å². The fraction of sp³-hybridized carbons (Fsp3) is 0.280. The molecule has 1 atom stereocenters. The van der Waals surface area contributed by atoms with Gasteiger partial charge in [-0.2, -0.15) is 13.2 Å². The number of amides is 1. The Morgan fingerprint density at radius 2 is 1.86 bits per heavy atom. The lowest BCUT2D eigenvalue weighted by Crippen LogP contribution is -2.44. The van der Waals surface area contributed by atoms with Gasteiger partial charge < -0.3 is 9.80 Å². The van der Waals surface area contributed by atoms with Gasteiger partial charge in [0.05, 0.1) is 17.2 Å². The van der Waals surface area contributed by atoms with Crippen LogP contribution in [0, 0.1) is 10.1 Å². The Balaban J connectivity index is 1.64. The first-order chi connectivity index (χ1) is 17.4. The van der Waals surface area contributed by atoms with Crippen molar-refractivity contribution in [3.8, 4) is 0 Å². The highest BCUT2D eigenvalue weighted by molar-refractivity contribution is 6.34. The summed E-state index contributed by atoms with van der Waals surface area (Å²) in [4.78, 5) is 31.0. The smallest absolute Gasteiger partial charge is 0.370 e. The van der Waals surface area contributed by atoms with E-state index in [0.717, 1.165) is 6.07 Å². The molecular weight excluding hydrogens is 532 g/mol. The maximum atomic E-state index is 14.4. The highest BCUT2D eigenvalue weighted by Gasteiger charge is 2.59. The maximum absolute atomic E-state index is 14.4. The number of carbonyl (C=O) groups excluding carboxylic acids is 1. The van der Waals surface area contributed by atoms with Crippen molar-refractivity contribution in [2.24, 2.45) is 0 Å². The molecule has 7 nitrogen and oxygen atoms in total. The molecule has 0 saturated carbocycles. The molecule has 12 heteroatoms. The Hall–Kier alpha value is -3.37. The SMILES string of the molecule is CN(Cc1ccccn1)C(=O)c1ccc(N2CCC(c3cc(Cl)cc(Cl)c3)(C(F)(F)F)C2)cc1[N+](=O)[O-]. The molecule has 1 aliphatic heterocycles. The molecule has 194 valence electrons. The number of benzene rings is 2. The molecule has 1 aromatic heterocycles. The van der Waals surface area contributed by atoms with Gasteiger partial charge in [-0.05, 0) is 54.4 Å². The summed E-state index contributed by atoms with van der Waals surface area (Å²) in [7, 11) is 1.49. The average Bonchev–Trinajstić information content (AvgIpc) is 3.30. The van der Waals surface area contributed by atoms with Gasteiger partial charge in [0.1, 0.15) is 11.0 Å². The fourth-order valence-corrected chi connectivity index (χ4v) is 5.08. The summed E-state index contributed by atoms with van der Waals surface area (Å²) < 4.78 is 43.3. The lowest BCUT2D eigenvalue weighted by atomic mass is 9.79. The van der Waals surface area contributed by atoms with Crippen LogP contribution in [-0.4, -0.2) is 47.0 Å². The van der Waals surface area contributed by atoms with E-state index in [-0.39, 0.29) is 46.4 Å². The van der Waals surface area contributed by atoms with Gasteiger partial charge in [-0.1, -0.05) is 29.3 Å². The molecule has 0 radical (unpaired) electrons. The summed E-state index contributed by atoms with van der Waals surface area (Å²) >= 11 is 12.0. The van der Waals surface area contributed by atoms with Gasteiger partial charge in [0.2, 0.25) is 0 Å². The van der Waals surface area contributed by atoms with Crippen molar-refractivity contribution in [1.29, 1.82) is 0 Å². The van der Waals surface area contributed by atoms with E-state index in [1.165, 1.54) is 47.2 Å². The van der Waals surface area contributed by atoms with Gasteiger partial charge in [0, 0.05) is 48.1 Å². The number of nitro groups is 1. The van der Waals surface area contributed by atoms with Crippen LogP contribution < -0.4 is 4.90 Å². The van der Waals surface area contributed by atoms with Crippen LogP contribution in [0.3, 0.4) is 0 Å². The minimum atomic E-state index is -4.63. The number of hydrogen-bond donors (Lipinski definition) is 0. The molecule has 2 aromatic carbocycles. The zero-order valence-electron chi connectivity index (χ0n) is 19.5. The number of nitrogens with zero attached hydrogens (tertiary/aromatic N) is 4. The second-order valence-electron chi connectivity index (χ2n) is 8.85. The van der Waals surface area contributed by atoms with Crippen LogP contribution in [0.1, 0.15) is 28.0 Å². The third-order valence-electron chi connectivity index (χ3n) is 6.47. The van der Waals surface area contributed by atoms with E-state index in [1.54, 1.807) is 24.4 Å². The molecule has 0 bridgehead atoms. The zero-order chi connectivity index (χ0) is 27.0. The fourth-order valence-electron chi connectivity index (χ4n) is 4.55. The number of halogens is 5. The summed E-state index contributed by atoms with van der Waals surface area (Å²) in [5.41, 5.74) is -2.21. The Labute approximate surface area is 220 Å². The molecule has 0 aliphatic carbocycles. The van der Waals surface area contributed by atoms with E-state index in [0.29, 0.717) is 5.69 Å². The molecule has 1 amide bonds.